The second-order valence-corrected chi connectivity index (χ2v) is 7.24. The number of aliphatic hydroxyl groups is 1. The van der Waals surface area contributed by atoms with Crippen LogP contribution in [0.25, 0.3) is 0 Å². The Morgan fingerprint density at radius 1 is 1.19 bits per heavy atom. The van der Waals surface area contributed by atoms with Crippen LogP contribution >= 0.6 is 11.6 Å². The smallest absolute Gasteiger partial charge is 0.256 e. The molecule has 0 unspecified atom stereocenters. The Hall–Kier alpha value is -1.06. The number of amides is 1. The molecule has 0 aromatic heterocycles. The molecular weight excluding hydrogens is 286 g/mol. The van der Waals surface area contributed by atoms with Crippen LogP contribution in [0.2, 0.25) is 5.02 Å². The Labute approximate surface area is 129 Å². The molecule has 1 aromatic rings. The van der Waals surface area contributed by atoms with Gasteiger partial charge in [0.1, 0.15) is 0 Å². The number of hydrogen-bond donors (Lipinski definition) is 1. The number of likely N-dealkylation sites (tertiary alicyclic amines) is 1. The molecule has 1 heterocycles. The van der Waals surface area contributed by atoms with E-state index < -0.39 is 6.10 Å². The molecule has 5 atom stereocenters. The summed E-state index contributed by atoms with van der Waals surface area (Å²) in [5.41, 5.74) is 0.518. The molecule has 2 saturated carbocycles. The van der Waals surface area contributed by atoms with E-state index >= 15 is 0 Å². The van der Waals surface area contributed by atoms with E-state index in [0.717, 1.165) is 24.9 Å². The first-order chi connectivity index (χ1) is 10.1. The van der Waals surface area contributed by atoms with Gasteiger partial charge in [-0.05, 0) is 49.0 Å². The van der Waals surface area contributed by atoms with Crippen LogP contribution in [-0.2, 0) is 4.79 Å². The predicted octanol–water partition coefficient (Wildman–Crippen LogP) is 2.88. The van der Waals surface area contributed by atoms with E-state index in [9.17, 15) is 9.90 Å². The Morgan fingerprint density at radius 2 is 1.81 bits per heavy atom. The first-order valence-electron chi connectivity index (χ1n) is 7.86. The van der Waals surface area contributed by atoms with Crippen molar-refractivity contribution < 1.29 is 9.90 Å². The molecule has 2 aliphatic carbocycles. The van der Waals surface area contributed by atoms with Crippen LogP contribution in [0.1, 0.15) is 30.9 Å². The zero-order valence-corrected chi connectivity index (χ0v) is 12.7. The maximum absolute atomic E-state index is 12.6. The number of carbonyl (C=O) groups excluding carboxylic acids is 1. The van der Waals surface area contributed by atoms with Gasteiger partial charge in [0.25, 0.3) is 5.91 Å². The number of nitrogens with zero attached hydrogens (tertiary/aromatic N) is 1. The predicted molar refractivity (Wildman–Crippen MR) is 80.8 cm³/mol. The summed E-state index contributed by atoms with van der Waals surface area (Å²) >= 11 is 6.09. The van der Waals surface area contributed by atoms with Gasteiger partial charge in [0.2, 0.25) is 0 Å². The number of aliphatic hydroxyl groups excluding tert-OH is 1. The quantitative estimate of drug-likeness (QED) is 0.913. The van der Waals surface area contributed by atoms with Gasteiger partial charge in [-0.3, -0.25) is 4.79 Å². The van der Waals surface area contributed by atoms with Gasteiger partial charge in [0.05, 0.1) is 0 Å². The van der Waals surface area contributed by atoms with Crippen molar-refractivity contribution in [2.75, 3.05) is 13.1 Å². The molecule has 0 spiro atoms. The van der Waals surface area contributed by atoms with Crippen molar-refractivity contribution in [1.29, 1.82) is 0 Å². The minimum atomic E-state index is -1.13. The molecule has 0 radical (unpaired) electrons. The lowest BCUT2D eigenvalue weighted by Gasteiger charge is -2.22. The average Bonchev–Trinajstić information content (AvgIpc) is 3.18. The van der Waals surface area contributed by atoms with Crippen molar-refractivity contribution in [2.45, 2.75) is 25.4 Å². The highest BCUT2D eigenvalue weighted by molar-refractivity contribution is 6.31. The molecule has 3 nitrogen and oxygen atoms in total. The third kappa shape index (κ3) is 2.09. The van der Waals surface area contributed by atoms with E-state index in [0.29, 0.717) is 22.4 Å². The summed E-state index contributed by atoms with van der Waals surface area (Å²) in [4.78, 5) is 14.4. The largest absolute Gasteiger partial charge is 0.378 e. The maximum Gasteiger partial charge on any atom is 0.256 e. The lowest BCUT2D eigenvalue weighted by atomic mass is 9.82. The highest BCUT2D eigenvalue weighted by Crippen LogP contribution is 2.55. The Balaban J connectivity index is 1.50. The summed E-state index contributed by atoms with van der Waals surface area (Å²) in [6.07, 6.45) is 2.90. The van der Waals surface area contributed by atoms with E-state index in [-0.39, 0.29) is 5.91 Å². The van der Waals surface area contributed by atoms with Crippen molar-refractivity contribution in [3.8, 4) is 0 Å². The number of carbonyl (C=O) groups is 1. The van der Waals surface area contributed by atoms with Gasteiger partial charge in [0.15, 0.2) is 6.10 Å². The zero-order valence-electron chi connectivity index (χ0n) is 11.9. The monoisotopic (exact) mass is 305 g/mol. The Bertz CT molecular complexity index is 558. The summed E-state index contributed by atoms with van der Waals surface area (Å²) in [6, 6.07) is 7.05. The van der Waals surface area contributed by atoms with Crippen LogP contribution in [0.4, 0.5) is 0 Å². The number of fused-ring (bicyclic) bond motifs is 5. The minimum Gasteiger partial charge on any atom is -0.378 e. The topological polar surface area (TPSA) is 40.5 Å². The van der Waals surface area contributed by atoms with Gasteiger partial charge < -0.3 is 10.0 Å². The standard InChI is InChI=1S/C17H20ClNO2/c18-15-4-2-1-3-12(15)16(20)17(21)19-8-13-10-5-6-11(7-10)14(13)9-19/h1-4,10-11,13-14,16,20H,5-9H2/t10-,11+,13-,14+,16-/m1/s1. The molecule has 21 heavy (non-hydrogen) atoms. The van der Waals surface area contributed by atoms with Crippen molar-refractivity contribution >= 4 is 17.5 Å². The maximum atomic E-state index is 12.6. The lowest BCUT2D eigenvalue weighted by Crippen LogP contribution is -2.34. The summed E-state index contributed by atoms with van der Waals surface area (Å²) in [5.74, 6) is 2.79. The van der Waals surface area contributed by atoms with E-state index in [1.165, 1.54) is 19.3 Å². The van der Waals surface area contributed by atoms with Crippen molar-refractivity contribution in [3.63, 3.8) is 0 Å². The molecule has 4 rings (SSSR count). The molecule has 2 bridgehead atoms. The van der Waals surface area contributed by atoms with E-state index in [4.69, 9.17) is 11.6 Å². The molecule has 112 valence electrons. The van der Waals surface area contributed by atoms with Crippen LogP contribution in [0.3, 0.4) is 0 Å². The van der Waals surface area contributed by atoms with Crippen LogP contribution in [0.5, 0.6) is 0 Å². The van der Waals surface area contributed by atoms with E-state index in [1.54, 1.807) is 24.3 Å². The summed E-state index contributed by atoms with van der Waals surface area (Å²) in [7, 11) is 0. The van der Waals surface area contributed by atoms with Crippen LogP contribution < -0.4 is 0 Å². The van der Waals surface area contributed by atoms with Gasteiger partial charge >= 0.3 is 0 Å². The van der Waals surface area contributed by atoms with Gasteiger partial charge in [-0.15, -0.1) is 0 Å². The van der Waals surface area contributed by atoms with Gasteiger partial charge in [0, 0.05) is 23.7 Å². The first kappa shape index (κ1) is 13.6. The molecule has 1 amide bonds. The molecule has 1 saturated heterocycles. The highest BCUT2D eigenvalue weighted by Gasteiger charge is 2.52. The second-order valence-electron chi connectivity index (χ2n) is 6.83. The number of rotatable bonds is 2. The molecule has 3 fully saturated rings. The molecule has 1 N–H and O–H groups in total. The molecule has 3 aliphatic rings. The van der Waals surface area contributed by atoms with Crippen LogP contribution in [-0.4, -0.2) is 29.0 Å². The number of hydrogen-bond acceptors (Lipinski definition) is 2. The van der Waals surface area contributed by atoms with E-state index in [2.05, 4.69) is 0 Å². The van der Waals surface area contributed by atoms with Crippen LogP contribution in [0, 0.1) is 23.7 Å². The fraction of sp³-hybridized carbons (Fsp3) is 0.588. The lowest BCUT2D eigenvalue weighted by molar-refractivity contribution is -0.139. The fourth-order valence-corrected chi connectivity index (χ4v) is 5.10. The zero-order chi connectivity index (χ0) is 14.6. The normalized spacial score (nSPS) is 35.0. The third-order valence-corrected chi connectivity index (χ3v) is 6.23. The minimum absolute atomic E-state index is 0.183. The SMILES string of the molecule is O=C([C@H](O)c1ccccc1Cl)N1C[C@@H]2[C@@H]3CC[C@@H](C3)[C@@H]2C1. The van der Waals surface area contributed by atoms with Crippen LogP contribution in [0.15, 0.2) is 24.3 Å². The molecule has 1 aliphatic heterocycles. The molecule has 1 aromatic carbocycles. The van der Waals surface area contributed by atoms with Crippen molar-refractivity contribution in [1.82, 2.24) is 4.90 Å². The number of benzene rings is 1. The average molecular weight is 306 g/mol. The molecular formula is C17H20ClNO2. The van der Waals surface area contributed by atoms with E-state index in [1.807, 2.05) is 4.90 Å². The summed E-state index contributed by atoms with van der Waals surface area (Å²) in [6.45, 7) is 1.65. The third-order valence-electron chi connectivity index (χ3n) is 5.88. The van der Waals surface area contributed by atoms with Gasteiger partial charge in [-0.1, -0.05) is 29.8 Å². The highest BCUT2D eigenvalue weighted by atomic mass is 35.5. The Kier molecular flexibility index (Phi) is 3.23. The second kappa shape index (κ2) is 4.99. The van der Waals surface area contributed by atoms with Crippen molar-refractivity contribution in [2.24, 2.45) is 23.7 Å². The van der Waals surface area contributed by atoms with Gasteiger partial charge in [-0.2, -0.15) is 0 Å². The fourth-order valence-electron chi connectivity index (χ4n) is 4.86. The number of halogens is 1. The summed E-state index contributed by atoms with van der Waals surface area (Å²) in [5, 5.41) is 10.8. The summed E-state index contributed by atoms with van der Waals surface area (Å²) < 4.78 is 0. The molecule has 4 heteroatoms. The first-order valence-corrected chi connectivity index (χ1v) is 8.24. The Morgan fingerprint density at radius 3 is 2.43 bits per heavy atom. The van der Waals surface area contributed by atoms with Crippen molar-refractivity contribution in [3.05, 3.63) is 34.9 Å². The van der Waals surface area contributed by atoms with Gasteiger partial charge in [-0.25, -0.2) is 0 Å².